The molecule has 4 saturated carbocycles. The third kappa shape index (κ3) is 5.75. The van der Waals surface area contributed by atoms with E-state index in [2.05, 4.69) is 252 Å². The molecule has 2 nitrogen and oxygen atoms in total. The maximum Gasteiger partial charge on any atom is 0.0719 e. The van der Waals surface area contributed by atoms with Gasteiger partial charge in [0.2, 0.25) is 0 Å². The lowest BCUT2D eigenvalue weighted by Crippen LogP contribution is -2.59. The molecule has 4 bridgehead atoms. The van der Waals surface area contributed by atoms with Gasteiger partial charge in [0.15, 0.2) is 0 Å². The average Bonchev–Trinajstić information content (AvgIpc) is 3.96. The molecule has 4 fully saturated rings. The van der Waals surface area contributed by atoms with Crippen LogP contribution in [0.3, 0.4) is 0 Å². The standard InChI is InChI=1S/C71H54N2/c1-2-15-48(16-3-1)51-17-14-18-56(44-51)72(54-33-29-49(30-34-54)50-31-35-55(36-32-50)73-68-27-12-6-21-60(68)61-22-7-13-28-69(61)73)57-37-38-66-67(45-57)70(52-40-46-39-47(42-52)43-53(70)41-46)64-25-10-11-26-65(64)71(66)62-23-8-4-19-58(62)59-20-5-9-24-63(59)71/h1-38,44-47,52-53H,39-43H2. The smallest absolute Gasteiger partial charge is 0.0719 e. The largest absolute Gasteiger partial charge is 0.310 e. The highest BCUT2D eigenvalue weighted by Gasteiger charge is 2.64. The van der Waals surface area contributed by atoms with Gasteiger partial charge in [0.25, 0.3) is 0 Å². The first kappa shape index (κ1) is 41.4. The summed E-state index contributed by atoms with van der Waals surface area (Å²) in [6.07, 6.45) is 6.74. The van der Waals surface area contributed by atoms with E-state index in [1.54, 1.807) is 11.1 Å². The Morgan fingerprint density at radius 1 is 0.329 bits per heavy atom. The van der Waals surface area contributed by atoms with Crippen molar-refractivity contribution >= 4 is 38.9 Å². The van der Waals surface area contributed by atoms with Gasteiger partial charge >= 0.3 is 0 Å². The molecule has 73 heavy (non-hydrogen) atoms. The molecular formula is C71H54N2. The molecule has 348 valence electrons. The number of rotatable bonds is 6. The molecule has 0 N–H and O–H groups in total. The molecule has 10 aromatic carbocycles. The average molecular weight is 935 g/mol. The Balaban J connectivity index is 0.883. The molecule has 0 unspecified atom stereocenters. The Labute approximate surface area is 427 Å². The van der Waals surface area contributed by atoms with Gasteiger partial charge in [-0.3, -0.25) is 0 Å². The summed E-state index contributed by atoms with van der Waals surface area (Å²) in [5.74, 6) is 2.91. The Morgan fingerprint density at radius 3 is 1.45 bits per heavy atom. The van der Waals surface area contributed by atoms with E-state index in [1.807, 2.05) is 0 Å². The fourth-order valence-electron chi connectivity index (χ4n) is 16.1. The number of hydrogen-bond acceptors (Lipinski definition) is 1. The van der Waals surface area contributed by atoms with Crippen molar-refractivity contribution in [3.05, 3.63) is 276 Å². The number of para-hydroxylation sites is 2. The zero-order valence-corrected chi connectivity index (χ0v) is 40.8. The van der Waals surface area contributed by atoms with Gasteiger partial charge < -0.3 is 9.47 Å². The maximum atomic E-state index is 2.70. The number of nitrogens with zero attached hydrogens (tertiary/aromatic N) is 2. The Bertz CT molecular complexity index is 3860. The van der Waals surface area contributed by atoms with E-state index >= 15 is 0 Å². The molecule has 0 aliphatic heterocycles. The molecule has 0 amide bonds. The van der Waals surface area contributed by atoms with E-state index < -0.39 is 5.41 Å². The predicted molar refractivity (Wildman–Crippen MR) is 301 cm³/mol. The lowest BCUT2D eigenvalue weighted by atomic mass is 9.38. The summed E-state index contributed by atoms with van der Waals surface area (Å²) in [4.78, 5) is 2.55. The molecule has 0 atom stereocenters. The minimum absolute atomic E-state index is 0.0696. The second-order valence-corrected chi connectivity index (χ2v) is 22.0. The van der Waals surface area contributed by atoms with E-state index in [4.69, 9.17) is 0 Å². The molecule has 6 aliphatic carbocycles. The second-order valence-electron chi connectivity index (χ2n) is 22.0. The van der Waals surface area contributed by atoms with Crippen molar-refractivity contribution < 1.29 is 0 Å². The third-order valence-electron chi connectivity index (χ3n) is 18.6. The SMILES string of the molecule is c1ccc(-c2cccc(N(c3ccc(-c4ccc(-n5c6ccccc6c6ccccc65)cc4)cc3)c3ccc4c(c3)C3(c5ccccc5C45c4ccccc4-c4ccccc45)C4CC5CC(C4)CC3C5)c2)cc1. The van der Waals surface area contributed by atoms with Crippen LogP contribution in [0.15, 0.2) is 243 Å². The lowest BCUT2D eigenvalue weighted by molar-refractivity contribution is -0.0440. The minimum atomic E-state index is -0.422. The van der Waals surface area contributed by atoms with E-state index in [0.717, 1.165) is 23.2 Å². The molecule has 0 radical (unpaired) electrons. The number of aromatic nitrogens is 1. The van der Waals surface area contributed by atoms with Crippen LogP contribution in [-0.4, -0.2) is 4.57 Å². The van der Waals surface area contributed by atoms with Crippen molar-refractivity contribution in [3.8, 4) is 39.1 Å². The number of hydrogen-bond donors (Lipinski definition) is 0. The first-order chi connectivity index (χ1) is 36.2. The van der Waals surface area contributed by atoms with Crippen LogP contribution in [0.4, 0.5) is 17.1 Å². The van der Waals surface area contributed by atoms with Crippen LogP contribution in [0.2, 0.25) is 0 Å². The quantitative estimate of drug-likeness (QED) is 0.161. The highest BCUT2D eigenvalue weighted by molar-refractivity contribution is 6.09. The first-order valence-corrected chi connectivity index (χ1v) is 26.8. The summed E-state index contributed by atoms with van der Waals surface area (Å²) < 4.78 is 2.40. The molecule has 2 spiro atoms. The summed E-state index contributed by atoms with van der Waals surface area (Å²) in [7, 11) is 0. The van der Waals surface area contributed by atoms with Crippen molar-refractivity contribution in [1.82, 2.24) is 4.57 Å². The van der Waals surface area contributed by atoms with Crippen molar-refractivity contribution in [3.63, 3.8) is 0 Å². The van der Waals surface area contributed by atoms with Crippen LogP contribution in [0.5, 0.6) is 0 Å². The molecular weight excluding hydrogens is 881 g/mol. The lowest BCUT2D eigenvalue weighted by Gasteiger charge is -2.65. The zero-order valence-electron chi connectivity index (χ0n) is 40.8. The minimum Gasteiger partial charge on any atom is -0.310 e. The molecule has 1 aromatic heterocycles. The molecule has 17 rings (SSSR count). The van der Waals surface area contributed by atoms with E-state index in [1.165, 1.54) is 121 Å². The topological polar surface area (TPSA) is 8.17 Å². The Kier molecular flexibility index (Phi) is 8.88. The number of benzene rings is 10. The molecule has 6 aliphatic rings. The fourth-order valence-corrected chi connectivity index (χ4v) is 16.1. The van der Waals surface area contributed by atoms with E-state index in [-0.39, 0.29) is 5.41 Å². The Hall–Kier alpha value is -8.20. The highest BCUT2D eigenvalue weighted by Crippen LogP contribution is 2.71. The summed E-state index contributed by atoms with van der Waals surface area (Å²) in [5, 5.41) is 2.56. The van der Waals surface area contributed by atoms with Gasteiger partial charge in [0.1, 0.15) is 0 Å². The van der Waals surface area contributed by atoms with Gasteiger partial charge in [-0.25, -0.2) is 0 Å². The predicted octanol–water partition coefficient (Wildman–Crippen LogP) is 18.0. The first-order valence-electron chi connectivity index (χ1n) is 26.8. The monoisotopic (exact) mass is 934 g/mol. The van der Waals surface area contributed by atoms with Gasteiger partial charge in [-0.05, 0) is 183 Å². The van der Waals surface area contributed by atoms with E-state index in [0.29, 0.717) is 11.8 Å². The second kappa shape index (κ2) is 15.6. The molecule has 0 saturated heterocycles. The van der Waals surface area contributed by atoms with Gasteiger partial charge in [0.05, 0.1) is 16.4 Å². The van der Waals surface area contributed by atoms with Gasteiger partial charge in [0, 0.05) is 38.9 Å². The molecule has 11 aromatic rings. The van der Waals surface area contributed by atoms with Crippen molar-refractivity contribution in [1.29, 1.82) is 0 Å². The zero-order chi connectivity index (χ0) is 47.8. The highest BCUT2D eigenvalue weighted by atomic mass is 15.1. The fraction of sp³-hybridized carbons (Fsp3) is 0.155. The van der Waals surface area contributed by atoms with Crippen LogP contribution in [0.1, 0.15) is 65.5 Å². The summed E-state index contributed by atoms with van der Waals surface area (Å²) in [6.45, 7) is 0. The van der Waals surface area contributed by atoms with Crippen LogP contribution in [0.25, 0.3) is 60.9 Å². The molecule has 2 heteroatoms. The van der Waals surface area contributed by atoms with Crippen LogP contribution in [-0.2, 0) is 10.8 Å². The number of fused-ring (bicyclic) bond motifs is 12. The normalized spacial score (nSPS) is 21.3. The van der Waals surface area contributed by atoms with Gasteiger partial charge in [-0.1, -0.05) is 182 Å². The van der Waals surface area contributed by atoms with Crippen LogP contribution in [0, 0.1) is 23.7 Å². The van der Waals surface area contributed by atoms with Gasteiger partial charge in [-0.2, -0.15) is 0 Å². The van der Waals surface area contributed by atoms with Crippen molar-refractivity contribution in [2.24, 2.45) is 23.7 Å². The summed E-state index contributed by atoms with van der Waals surface area (Å²) in [6, 6.07) is 92.3. The number of anilines is 3. The summed E-state index contributed by atoms with van der Waals surface area (Å²) in [5.41, 5.74) is 23.2. The third-order valence-corrected chi connectivity index (χ3v) is 18.6. The van der Waals surface area contributed by atoms with E-state index in [9.17, 15) is 0 Å². The maximum absolute atomic E-state index is 2.70. The van der Waals surface area contributed by atoms with Crippen molar-refractivity contribution in [2.75, 3.05) is 4.90 Å². The van der Waals surface area contributed by atoms with Crippen LogP contribution < -0.4 is 4.90 Å². The Morgan fingerprint density at radius 2 is 0.808 bits per heavy atom. The van der Waals surface area contributed by atoms with Crippen LogP contribution >= 0.6 is 0 Å². The van der Waals surface area contributed by atoms with Crippen molar-refractivity contribution in [2.45, 2.75) is 42.9 Å². The molecule has 1 heterocycles. The van der Waals surface area contributed by atoms with Gasteiger partial charge in [-0.15, -0.1) is 0 Å². The summed E-state index contributed by atoms with van der Waals surface area (Å²) >= 11 is 0.